The molecule has 4 rings (SSSR count). The largest absolute Gasteiger partial charge is 0.497 e. The monoisotopic (exact) mass is 315 g/mol. The summed E-state index contributed by atoms with van der Waals surface area (Å²) in [4.78, 5) is 21.5. The van der Waals surface area contributed by atoms with Crippen LogP contribution in [-0.4, -0.2) is 53.0 Å². The van der Waals surface area contributed by atoms with Crippen molar-refractivity contribution in [2.75, 3.05) is 20.2 Å². The summed E-state index contributed by atoms with van der Waals surface area (Å²) in [5, 5.41) is 0. The number of pyridine rings is 1. The number of aromatic nitrogens is 1. The summed E-state index contributed by atoms with van der Waals surface area (Å²) in [5.74, 6) is 1.90. The molecular weight excluding hydrogens is 290 g/mol. The van der Waals surface area contributed by atoms with Gasteiger partial charge in [-0.1, -0.05) is 0 Å². The molecule has 0 unspecified atom stereocenters. The maximum atomic E-state index is 12.3. The molecule has 3 aliphatic rings. The van der Waals surface area contributed by atoms with Gasteiger partial charge in [-0.25, -0.2) is 0 Å². The van der Waals surface area contributed by atoms with Crippen molar-refractivity contribution in [2.45, 2.75) is 50.7 Å². The number of piperidine rings is 2. The molecule has 5 heteroatoms. The van der Waals surface area contributed by atoms with Crippen LogP contribution in [-0.2, 0) is 11.3 Å². The molecule has 124 valence electrons. The van der Waals surface area contributed by atoms with Crippen molar-refractivity contribution in [1.29, 1.82) is 0 Å². The van der Waals surface area contributed by atoms with Crippen molar-refractivity contribution in [3.05, 3.63) is 24.0 Å². The quantitative estimate of drug-likeness (QED) is 0.853. The SMILES string of the molecule is COc1ccnc(CN2CC[C@H]3[C@H](CCC(=O)N3C3CC3)C2)c1. The van der Waals surface area contributed by atoms with Crippen molar-refractivity contribution in [3.63, 3.8) is 0 Å². The second-order valence-electron chi connectivity index (χ2n) is 7.11. The van der Waals surface area contributed by atoms with Crippen LogP contribution in [0.1, 0.15) is 37.8 Å². The molecule has 0 N–H and O–H groups in total. The first-order valence-electron chi connectivity index (χ1n) is 8.77. The molecule has 1 aliphatic carbocycles. The molecule has 1 saturated carbocycles. The lowest BCUT2D eigenvalue weighted by Gasteiger charge is -2.47. The van der Waals surface area contributed by atoms with E-state index in [1.807, 2.05) is 18.3 Å². The topological polar surface area (TPSA) is 45.7 Å². The summed E-state index contributed by atoms with van der Waals surface area (Å²) >= 11 is 0. The van der Waals surface area contributed by atoms with E-state index in [0.29, 0.717) is 23.9 Å². The van der Waals surface area contributed by atoms with E-state index in [1.165, 1.54) is 12.8 Å². The minimum Gasteiger partial charge on any atom is -0.497 e. The summed E-state index contributed by atoms with van der Waals surface area (Å²) in [6.45, 7) is 3.01. The molecule has 2 aliphatic heterocycles. The Morgan fingerprint density at radius 3 is 2.96 bits per heavy atom. The summed E-state index contributed by atoms with van der Waals surface area (Å²) in [6.07, 6.45) is 7.14. The van der Waals surface area contributed by atoms with E-state index < -0.39 is 0 Å². The number of fused-ring (bicyclic) bond motifs is 1. The zero-order valence-corrected chi connectivity index (χ0v) is 13.8. The number of rotatable bonds is 4. The maximum Gasteiger partial charge on any atom is 0.223 e. The second kappa shape index (κ2) is 6.11. The Morgan fingerprint density at radius 1 is 1.30 bits per heavy atom. The Bertz CT molecular complexity index is 587. The van der Waals surface area contributed by atoms with E-state index >= 15 is 0 Å². The van der Waals surface area contributed by atoms with Crippen molar-refractivity contribution < 1.29 is 9.53 Å². The summed E-state index contributed by atoms with van der Waals surface area (Å²) in [6, 6.07) is 4.95. The molecule has 2 saturated heterocycles. The highest BCUT2D eigenvalue weighted by molar-refractivity contribution is 5.78. The number of amides is 1. The number of ether oxygens (including phenoxy) is 1. The van der Waals surface area contributed by atoms with Gasteiger partial charge in [-0.3, -0.25) is 14.7 Å². The fourth-order valence-corrected chi connectivity index (χ4v) is 4.24. The molecule has 0 aromatic carbocycles. The number of methoxy groups -OCH3 is 1. The van der Waals surface area contributed by atoms with Crippen LogP contribution in [0.25, 0.3) is 0 Å². The van der Waals surface area contributed by atoms with E-state index in [1.54, 1.807) is 7.11 Å². The van der Waals surface area contributed by atoms with Crippen LogP contribution in [0.2, 0.25) is 0 Å². The van der Waals surface area contributed by atoms with Crippen molar-refractivity contribution in [2.24, 2.45) is 5.92 Å². The first-order valence-corrected chi connectivity index (χ1v) is 8.77. The Hall–Kier alpha value is -1.62. The summed E-state index contributed by atoms with van der Waals surface area (Å²) < 4.78 is 5.29. The fourth-order valence-electron chi connectivity index (χ4n) is 4.24. The van der Waals surface area contributed by atoms with Gasteiger partial charge in [0.2, 0.25) is 5.91 Å². The predicted octanol–water partition coefficient (Wildman–Crippen LogP) is 2.07. The second-order valence-corrected chi connectivity index (χ2v) is 7.11. The van der Waals surface area contributed by atoms with Crippen LogP contribution in [0.5, 0.6) is 5.75 Å². The van der Waals surface area contributed by atoms with Gasteiger partial charge in [0.05, 0.1) is 12.8 Å². The van der Waals surface area contributed by atoms with Gasteiger partial charge in [0.15, 0.2) is 0 Å². The average molecular weight is 315 g/mol. The number of carbonyl (C=O) groups excluding carboxylic acids is 1. The first kappa shape index (κ1) is 14.9. The van der Waals surface area contributed by atoms with Gasteiger partial charge in [-0.15, -0.1) is 0 Å². The first-order chi connectivity index (χ1) is 11.2. The Kier molecular flexibility index (Phi) is 3.97. The minimum atomic E-state index is 0.400. The lowest BCUT2D eigenvalue weighted by molar-refractivity contribution is -0.142. The summed E-state index contributed by atoms with van der Waals surface area (Å²) in [5.41, 5.74) is 1.06. The third-order valence-electron chi connectivity index (χ3n) is 5.50. The van der Waals surface area contributed by atoms with Crippen molar-refractivity contribution >= 4 is 5.91 Å². The standard InChI is InChI=1S/C18H25N3O2/c1-23-16-6-8-19-14(10-16)12-20-9-7-17-13(11-20)2-5-18(22)21(17)15-3-4-15/h6,8,10,13,15,17H,2-5,7,9,11-12H2,1H3/t13-,17+/m1/s1. The van der Waals surface area contributed by atoms with Gasteiger partial charge in [0.1, 0.15) is 5.75 Å². The highest BCUT2D eigenvalue weighted by atomic mass is 16.5. The number of likely N-dealkylation sites (tertiary alicyclic amines) is 2. The normalized spacial score (nSPS) is 28.6. The average Bonchev–Trinajstić information content (AvgIpc) is 3.40. The summed E-state index contributed by atoms with van der Waals surface area (Å²) in [7, 11) is 1.69. The van der Waals surface area contributed by atoms with Crippen LogP contribution in [0.3, 0.4) is 0 Å². The Morgan fingerprint density at radius 2 is 2.17 bits per heavy atom. The van der Waals surface area contributed by atoms with Gasteiger partial charge in [-0.2, -0.15) is 0 Å². The molecule has 5 nitrogen and oxygen atoms in total. The molecular formula is C18H25N3O2. The number of nitrogens with zero attached hydrogens (tertiary/aromatic N) is 3. The molecule has 3 heterocycles. The van der Waals surface area contributed by atoms with E-state index in [2.05, 4.69) is 14.8 Å². The van der Waals surface area contributed by atoms with E-state index in [0.717, 1.165) is 50.3 Å². The van der Waals surface area contributed by atoms with Crippen LogP contribution >= 0.6 is 0 Å². The molecule has 0 bridgehead atoms. The van der Waals surface area contributed by atoms with E-state index in [9.17, 15) is 4.79 Å². The molecule has 1 aromatic rings. The minimum absolute atomic E-state index is 0.400. The molecule has 2 atom stereocenters. The zero-order valence-electron chi connectivity index (χ0n) is 13.8. The number of carbonyl (C=O) groups is 1. The molecule has 0 spiro atoms. The van der Waals surface area contributed by atoms with E-state index in [4.69, 9.17) is 4.74 Å². The van der Waals surface area contributed by atoms with Crippen LogP contribution in [0.4, 0.5) is 0 Å². The fraction of sp³-hybridized carbons (Fsp3) is 0.667. The third-order valence-corrected chi connectivity index (χ3v) is 5.50. The third kappa shape index (κ3) is 3.07. The molecule has 23 heavy (non-hydrogen) atoms. The molecule has 1 aromatic heterocycles. The zero-order chi connectivity index (χ0) is 15.8. The highest BCUT2D eigenvalue weighted by Gasteiger charge is 2.45. The van der Waals surface area contributed by atoms with Crippen molar-refractivity contribution in [3.8, 4) is 5.75 Å². The Labute approximate surface area is 137 Å². The van der Waals surface area contributed by atoms with Crippen LogP contribution in [0.15, 0.2) is 18.3 Å². The lowest BCUT2D eigenvalue weighted by atomic mass is 9.83. The van der Waals surface area contributed by atoms with Gasteiger partial charge >= 0.3 is 0 Å². The molecule has 0 radical (unpaired) electrons. The van der Waals surface area contributed by atoms with Crippen molar-refractivity contribution in [1.82, 2.24) is 14.8 Å². The van der Waals surface area contributed by atoms with E-state index in [-0.39, 0.29) is 0 Å². The van der Waals surface area contributed by atoms with Crippen LogP contribution in [0, 0.1) is 5.92 Å². The van der Waals surface area contributed by atoms with Gasteiger partial charge in [0, 0.05) is 50.4 Å². The Balaban J connectivity index is 1.41. The lowest BCUT2D eigenvalue weighted by Crippen LogP contribution is -2.56. The van der Waals surface area contributed by atoms with Gasteiger partial charge in [-0.05, 0) is 37.7 Å². The highest BCUT2D eigenvalue weighted by Crippen LogP contribution is 2.39. The van der Waals surface area contributed by atoms with Gasteiger partial charge < -0.3 is 9.64 Å². The smallest absolute Gasteiger partial charge is 0.223 e. The van der Waals surface area contributed by atoms with Crippen LogP contribution < -0.4 is 4.74 Å². The molecule has 1 amide bonds. The predicted molar refractivity (Wildman–Crippen MR) is 87.1 cm³/mol. The molecule has 3 fully saturated rings. The number of hydrogen-bond donors (Lipinski definition) is 0. The number of hydrogen-bond acceptors (Lipinski definition) is 4. The van der Waals surface area contributed by atoms with Gasteiger partial charge in [0.25, 0.3) is 0 Å². The maximum absolute atomic E-state index is 12.3.